The number of fused-ring (bicyclic) bond motifs is 3. The molecule has 2 amide bonds. The number of amides is 2. The summed E-state index contributed by atoms with van der Waals surface area (Å²) in [5, 5.41) is 14.5. The molecule has 10 nitrogen and oxygen atoms in total. The van der Waals surface area contributed by atoms with Crippen LogP contribution in [0.4, 0.5) is 0 Å². The molecule has 3 unspecified atom stereocenters. The van der Waals surface area contributed by atoms with Crippen LogP contribution in [0.15, 0.2) is 23.1 Å². The van der Waals surface area contributed by atoms with Crippen molar-refractivity contribution in [2.24, 2.45) is 10.9 Å². The molecule has 3 aliphatic heterocycles. The number of hydrogen-bond acceptors (Lipinski definition) is 7. The van der Waals surface area contributed by atoms with Crippen LogP contribution in [0.2, 0.25) is 0 Å². The molecule has 3 heterocycles. The molecule has 0 aromatic heterocycles. The summed E-state index contributed by atoms with van der Waals surface area (Å²) in [4.78, 5) is 31.7. The molecule has 33 heavy (non-hydrogen) atoms. The lowest BCUT2D eigenvalue weighted by atomic mass is 10.1. The van der Waals surface area contributed by atoms with E-state index in [1.54, 1.807) is 17.0 Å². The van der Waals surface area contributed by atoms with Gasteiger partial charge >= 0.3 is 0 Å². The van der Waals surface area contributed by atoms with E-state index in [9.17, 15) is 23.3 Å². The number of piperazine rings is 1. The number of aryl methyl sites for hydroxylation is 1. The van der Waals surface area contributed by atoms with Crippen molar-refractivity contribution >= 4 is 21.8 Å². The predicted octanol–water partition coefficient (Wildman–Crippen LogP) is -0.552. The van der Waals surface area contributed by atoms with Crippen molar-refractivity contribution in [2.45, 2.75) is 67.2 Å². The van der Waals surface area contributed by atoms with Gasteiger partial charge in [0.2, 0.25) is 21.8 Å². The number of nitrogens with two attached hydrogens (primary N) is 2. The molecule has 11 heteroatoms. The second kappa shape index (κ2) is 8.06. The second-order valence-corrected chi connectivity index (χ2v) is 11.1. The summed E-state index contributed by atoms with van der Waals surface area (Å²) in [6.45, 7) is 1.51. The molecule has 0 saturated carbocycles. The molecular formula is C22H28N6O4S. The maximum Gasteiger partial charge on any atom is 0.241 e. The lowest BCUT2D eigenvalue weighted by Crippen LogP contribution is -2.56. The number of nitrogens with zero attached hydrogens (tertiary/aromatic N) is 4. The molecule has 5 atom stereocenters. The van der Waals surface area contributed by atoms with Gasteiger partial charge < -0.3 is 15.5 Å². The predicted molar refractivity (Wildman–Crippen MR) is 118 cm³/mol. The Morgan fingerprint density at radius 2 is 2.06 bits per heavy atom. The number of sulfonamides is 1. The number of benzene rings is 1. The largest absolute Gasteiger partial charge is 0.330 e. The lowest BCUT2D eigenvalue weighted by Gasteiger charge is -2.38. The van der Waals surface area contributed by atoms with E-state index in [0.29, 0.717) is 38.9 Å². The molecule has 5 rings (SSSR count). The van der Waals surface area contributed by atoms with E-state index in [1.807, 2.05) is 9.80 Å². The summed E-state index contributed by atoms with van der Waals surface area (Å²) >= 11 is 0. The fourth-order valence-electron chi connectivity index (χ4n) is 6.05. The van der Waals surface area contributed by atoms with E-state index in [0.717, 1.165) is 24.0 Å². The van der Waals surface area contributed by atoms with Crippen LogP contribution in [-0.2, 0) is 26.0 Å². The Kier molecular flexibility index (Phi) is 5.44. The van der Waals surface area contributed by atoms with Crippen LogP contribution in [0.25, 0.3) is 0 Å². The third-order valence-corrected chi connectivity index (χ3v) is 8.48. The summed E-state index contributed by atoms with van der Waals surface area (Å²) in [6, 6.07) is 5.57. The van der Waals surface area contributed by atoms with Gasteiger partial charge in [0.15, 0.2) is 0 Å². The first-order valence-corrected chi connectivity index (χ1v) is 12.9. The number of carbonyl (C=O) groups excluding carboxylic acids is 2. The van der Waals surface area contributed by atoms with E-state index in [1.165, 1.54) is 6.07 Å². The van der Waals surface area contributed by atoms with Gasteiger partial charge in [-0.3, -0.25) is 14.5 Å². The molecule has 3 fully saturated rings. The van der Waals surface area contributed by atoms with Gasteiger partial charge in [-0.15, -0.1) is 0 Å². The van der Waals surface area contributed by atoms with Crippen molar-refractivity contribution in [3.8, 4) is 6.07 Å². The zero-order valence-corrected chi connectivity index (χ0v) is 19.1. The van der Waals surface area contributed by atoms with Gasteiger partial charge in [-0.25, -0.2) is 13.6 Å². The molecular weight excluding hydrogens is 444 g/mol. The normalized spacial score (nSPS) is 30.0. The van der Waals surface area contributed by atoms with Gasteiger partial charge in [-0.1, -0.05) is 6.07 Å². The van der Waals surface area contributed by atoms with Crippen LogP contribution in [0.5, 0.6) is 0 Å². The number of primary sulfonamides is 1. The summed E-state index contributed by atoms with van der Waals surface area (Å²) < 4.78 is 23.3. The van der Waals surface area contributed by atoms with Crippen molar-refractivity contribution in [2.75, 3.05) is 19.6 Å². The fourth-order valence-corrected chi connectivity index (χ4v) is 6.61. The van der Waals surface area contributed by atoms with E-state index in [-0.39, 0.29) is 34.8 Å². The Hall–Kier alpha value is -2.52. The highest BCUT2D eigenvalue weighted by molar-refractivity contribution is 7.89. The monoisotopic (exact) mass is 472 g/mol. The summed E-state index contributed by atoms with van der Waals surface area (Å²) in [5.74, 6) is -0.183. The minimum absolute atomic E-state index is 0.0374. The molecule has 3 saturated heterocycles. The molecule has 176 valence electrons. The fraction of sp³-hybridized carbons (Fsp3) is 0.591. The third kappa shape index (κ3) is 3.71. The average Bonchev–Trinajstić information content (AvgIpc) is 3.54. The maximum atomic E-state index is 13.3. The van der Waals surface area contributed by atoms with Gasteiger partial charge in [0.05, 0.1) is 29.1 Å². The molecule has 4 aliphatic rings. The van der Waals surface area contributed by atoms with Gasteiger partial charge in [0, 0.05) is 25.7 Å². The molecule has 0 spiro atoms. The van der Waals surface area contributed by atoms with Crippen LogP contribution in [-0.4, -0.2) is 78.7 Å². The zero-order valence-electron chi connectivity index (χ0n) is 18.3. The van der Waals surface area contributed by atoms with Crippen LogP contribution in [0.1, 0.15) is 42.9 Å². The van der Waals surface area contributed by atoms with Crippen molar-refractivity contribution < 1.29 is 18.0 Å². The number of rotatable bonds is 5. The smallest absolute Gasteiger partial charge is 0.241 e. The van der Waals surface area contributed by atoms with Crippen LogP contribution < -0.4 is 10.9 Å². The van der Waals surface area contributed by atoms with Crippen molar-refractivity contribution in [3.63, 3.8) is 0 Å². The summed E-state index contributed by atoms with van der Waals surface area (Å²) in [6.07, 6.45) is 3.63. The van der Waals surface area contributed by atoms with E-state index >= 15 is 0 Å². The molecule has 1 aromatic rings. The molecule has 0 radical (unpaired) electrons. The third-order valence-electron chi connectivity index (χ3n) is 7.57. The van der Waals surface area contributed by atoms with Gasteiger partial charge in [0.1, 0.15) is 6.04 Å². The Labute approximate surface area is 193 Å². The van der Waals surface area contributed by atoms with Crippen molar-refractivity contribution in [1.82, 2.24) is 14.7 Å². The Bertz CT molecular complexity index is 1150. The minimum Gasteiger partial charge on any atom is -0.330 e. The quantitative estimate of drug-likeness (QED) is 0.583. The Morgan fingerprint density at radius 1 is 1.27 bits per heavy atom. The minimum atomic E-state index is -3.77. The Morgan fingerprint density at radius 3 is 2.76 bits per heavy atom. The second-order valence-electron chi connectivity index (χ2n) is 9.49. The van der Waals surface area contributed by atoms with Crippen LogP contribution in [0.3, 0.4) is 0 Å². The first-order valence-electron chi connectivity index (χ1n) is 11.4. The van der Waals surface area contributed by atoms with E-state index in [4.69, 9.17) is 10.9 Å². The number of nitriles is 1. The molecule has 4 N–H and O–H groups in total. The summed E-state index contributed by atoms with van der Waals surface area (Å²) in [5.41, 5.74) is 8.12. The van der Waals surface area contributed by atoms with Crippen molar-refractivity contribution in [3.05, 3.63) is 29.3 Å². The van der Waals surface area contributed by atoms with E-state index in [2.05, 4.69) is 6.07 Å². The van der Waals surface area contributed by atoms with Crippen LogP contribution >= 0.6 is 0 Å². The Balaban J connectivity index is 1.26. The van der Waals surface area contributed by atoms with Crippen LogP contribution in [0, 0.1) is 11.3 Å². The van der Waals surface area contributed by atoms with Gasteiger partial charge in [0.25, 0.3) is 0 Å². The molecule has 2 bridgehead atoms. The number of carbonyl (C=O) groups is 2. The highest BCUT2D eigenvalue weighted by Crippen LogP contribution is 2.44. The standard InChI is InChI=1S/C22H28N6O4S/c23-10-14-2-1-7-27(14)21(29)18(24)12-26-11-15-9-20(26)22(30)28(15)19-6-3-13-8-16(33(25,31)32)4-5-17(13)19/h4-5,8,14-15,18-20H,1-3,6-7,9,11-12,24H2,(H2,25,31,32)/t14?,15-,18?,19-,20?/m0/s1. The topological polar surface area (TPSA) is 154 Å². The average molecular weight is 473 g/mol. The highest BCUT2D eigenvalue weighted by Gasteiger charge is 2.53. The first-order chi connectivity index (χ1) is 15.7. The summed E-state index contributed by atoms with van der Waals surface area (Å²) in [7, 11) is -3.77. The van der Waals surface area contributed by atoms with Crippen molar-refractivity contribution in [1.29, 1.82) is 5.26 Å². The highest BCUT2D eigenvalue weighted by atomic mass is 32.2. The number of hydrogen-bond donors (Lipinski definition) is 2. The lowest BCUT2D eigenvalue weighted by molar-refractivity contribution is -0.141. The van der Waals surface area contributed by atoms with E-state index < -0.39 is 22.1 Å². The molecule has 1 aromatic carbocycles. The van der Waals surface area contributed by atoms with Gasteiger partial charge in [-0.05, 0) is 55.4 Å². The van der Waals surface area contributed by atoms with Gasteiger partial charge in [-0.2, -0.15) is 5.26 Å². The maximum absolute atomic E-state index is 13.3. The molecule has 1 aliphatic carbocycles. The number of likely N-dealkylation sites (tertiary alicyclic amines) is 3. The zero-order chi connectivity index (χ0) is 23.5. The first kappa shape index (κ1) is 22.3. The SMILES string of the molecule is N#CC1CCCN1C(=O)C(N)CN1C[C@@H]2CC1C(=O)N2[C@H]1CCc2cc(S(N)(=O)=O)ccc21.